The van der Waals surface area contributed by atoms with E-state index >= 15 is 0 Å². The zero-order valence-electron chi connectivity index (χ0n) is 13.0. The van der Waals surface area contributed by atoms with Crippen molar-refractivity contribution in [2.45, 2.75) is 18.9 Å². The minimum absolute atomic E-state index is 0.0232. The van der Waals surface area contributed by atoms with E-state index in [2.05, 4.69) is 20.7 Å². The second-order valence-corrected chi connectivity index (χ2v) is 6.94. The number of amides is 1. The molecule has 1 saturated heterocycles. The molecule has 1 aliphatic rings. The normalized spacial score (nSPS) is 21.0. The molecule has 0 aromatic carbocycles. The Bertz CT molecular complexity index is 673. The molecule has 0 bridgehead atoms. The maximum atomic E-state index is 12.1. The molecule has 1 aliphatic heterocycles. The minimum Gasteiger partial charge on any atom is -0.481 e. The Morgan fingerprint density at radius 3 is 3.00 bits per heavy atom. The summed E-state index contributed by atoms with van der Waals surface area (Å²) in [7, 11) is 0. The smallest absolute Gasteiger partial charge is 0.303 e. The molecule has 8 nitrogen and oxygen atoms in total. The number of carbonyl (C=O) groups excluding carboxylic acids is 1. The molecule has 3 heterocycles. The van der Waals surface area contributed by atoms with Crippen LogP contribution in [0.4, 0.5) is 0 Å². The van der Waals surface area contributed by atoms with Crippen LogP contribution in [0.15, 0.2) is 23.7 Å². The SMILES string of the molecule is O=C(O)C[C@H]1CN(CC(=O)NCc2cccs2)C[C@H]1c1cn[nH]n1. The van der Waals surface area contributed by atoms with E-state index in [0.717, 1.165) is 10.6 Å². The number of aromatic amines is 1. The maximum Gasteiger partial charge on any atom is 0.303 e. The lowest BCUT2D eigenvalue weighted by molar-refractivity contribution is -0.138. The summed E-state index contributed by atoms with van der Waals surface area (Å²) in [6.07, 6.45) is 1.69. The third-order valence-corrected chi connectivity index (χ3v) is 5.05. The highest BCUT2D eigenvalue weighted by Gasteiger charge is 2.37. The van der Waals surface area contributed by atoms with E-state index in [1.165, 1.54) is 0 Å². The Balaban J connectivity index is 1.56. The van der Waals surface area contributed by atoms with E-state index in [1.54, 1.807) is 17.5 Å². The van der Waals surface area contributed by atoms with Gasteiger partial charge in [-0.2, -0.15) is 15.4 Å². The third-order valence-electron chi connectivity index (χ3n) is 4.17. The van der Waals surface area contributed by atoms with Crippen molar-refractivity contribution in [1.29, 1.82) is 0 Å². The van der Waals surface area contributed by atoms with Gasteiger partial charge in [0.1, 0.15) is 0 Å². The Morgan fingerprint density at radius 1 is 1.46 bits per heavy atom. The van der Waals surface area contributed by atoms with E-state index in [4.69, 9.17) is 5.11 Å². The fourth-order valence-corrected chi connectivity index (χ4v) is 3.75. The quantitative estimate of drug-likeness (QED) is 0.678. The molecule has 24 heavy (non-hydrogen) atoms. The molecule has 3 N–H and O–H groups in total. The summed E-state index contributed by atoms with van der Waals surface area (Å²) in [4.78, 5) is 26.3. The molecule has 2 aromatic heterocycles. The maximum absolute atomic E-state index is 12.1. The van der Waals surface area contributed by atoms with Gasteiger partial charge in [-0.25, -0.2) is 0 Å². The van der Waals surface area contributed by atoms with Crippen molar-refractivity contribution in [2.24, 2.45) is 5.92 Å². The first-order valence-electron chi connectivity index (χ1n) is 7.70. The predicted octanol–water partition coefficient (Wildman–Crippen LogP) is 0.673. The molecule has 1 fully saturated rings. The highest BCUT2D eigenvalue weighted by atomic mass is 32.1. The van der Waals surface area contributed by atoms with Gasteiger partial charge >= 0.3 is 5.97 Å². The number of aromatic nitrogens is 3. The summed E-state index contributed by atoms with van der Waals surface area (Å²) in [6.45, 7) is 1.96. The predicted molar refractivity (Wildman–Crippen MR) is 87.5 cm³/mol. The number of likely N-dealkylation sites (tertiary alicyclic amines) is 1. The lowest BCUT2D eigenvalue weighted by atomic mass is 9.91. The van der Waals surface area contributed by atoms with Crippen LogP contribution in [0.2, 0.25) is 0 Å². The van der Waals surface area contributed by atoms with Crippen molar-refractivity contribution >= 4 is 23.2 Å². The van der Waals surface area contributed by atoms with Gasteiger partial charge in [0, 0.05) is 23.9 Å². The zero-order valence-corrected chi connectivity index (χ0v) is 13.8. The molecule has 1 amide bonds. The van der Waals surface area contributed by atoms with Crippen LogP contribution in [0.1, 0.15) is 22.9 Å². The number of rotatable bonds is 7. The summed E-state index contributed by atoms with van der Waals surface area (Å²) in [5.41, 5.74) is 0.753. The highest BCUT2D eigenvalue weighted by molar-refractivity contribution is 7.09. The minimum atomic E-state index is -0.836. The Kier molecular flexibility index (Phi) is 5.21. The van der Waals surface area contributed by atoms with Gasteiger partial charge in [0.2, 0.25) is 5.91 Å². The van der Waals surface area contributed by atoms with Gasteiger partial charge in [-0.1, -0.05) is 6.07 Å². The largest absolute Gasteiger partial charge is 0.481 e. The van der Waals surface area contributed by atoms with E-state index in [-0.39, 0.29) is 30.7 Å². The average Bonchev–Trinajstić information content (AvgIpc) is 3.26. The van der Waals surface area contributed by atoms with Gasteiger partial charge in [-0.15, -0.1) is 11.3 Å². The summed E-state index contributed by atoms with van der Waals surface area (Å²) < 4.78 is 0. The molecule has 0 saturated carbocycles. The number of carboxylic acid groups (broad SMARTS) is 1. The number of hydrogen-bond acceptors (Lipinski definition) is 6. The first kappa shape index (κ1) is 16.6. The topological polar surface area (TPSA) is 111 Å². The number of H-pyrrole nitrogens is 1. The first-order chi connectivity index (χ1) is 11.6. The second kappa shape index (κ2) is 7.54. The van der Waals surface area contributed by atoms with E-state index in [1.807, 2.05) is 22.4 Å². The van der Waals surface area contributed by atoms with Crippen LogP contribution in [0.5, 0.6) is 0 Å². The standard InChI is InChI=1S/C15H19N5O3S/c21-14(16-5-11-2-1-3-24-11)9-20-7-10(4-15(22)23)12(8-20)13-6-17-19-18-13/h1-3,6,10,12H,4-5,7-9H2,(H,16,21)(H,22,23)(H,17,18,19)/t10-,12+/m0/s1. The Morgan fingerprint density at radius 2 is 2.33 bits per heavy atom. The second-order valence-electron chi connectivity index (χ2n) is 5.91. The van der Waals surface area contributed by atoms with Crippen LogP contribution < -0.4 is 5.32 Å². The van der Waals surface area contributed by atoms with Crippen molar-refractivity contribution in [2.75, 3.05) is 19.6 Å². The summed E-state index contributed by atoms with van der Waals surface area (Å²) in [5.74, 6) is -0.988. The van der Waals surface area contributed by atoms with Crippen molar-refractivity contribution in [3.05, 3.63) is 34.3 Å². The molecule has 0 unspecified atom stereocenters. The number of nitrogens with zero attached hydrogens (tertiary/aromatic N) is 3. The van der Waals surface area contributed by atoms with Crippen LogP contribution in [-0.2, 0) is 16.1 Å². The van der Waals surface area contributed by atoms with Crippen LogP contribution in [-0.4, -0.2) is 56.9 Å². The number of carboxylic acids is 1. The molecule has 128 valence electrons. The number of aliphatic carboxylic acids is 1. The first-order valence-corrected chi connectivity index (χ1v) is 8.58. The average molecular weight is 349 g/mol. The summed E-state index contributed by atoms with van der Waals surface area (Å²) >= 11 is 1.60. The van der Waals surface area contributed by atoms with Crippen LogP contribution in [0.25, 0.3) is 0 Å². The molecular weight excluding hydrogens is 330 g/mol. The molecular formula is C15H19N5O3S. The molecule has 2 atom stereocenters. The monoisotopic (exact) mass is 349 g/mol. The zero-order chi connectivity index (χ0) is 16.9. The van der Waals surface area contributed by atoms with Gasteiger partial charge in [-0.05, 0) is 17.4 Å². The lowest BCUT2D eigenvalue weighted by Gasteiger charge is -2.14. The third kappa shape index (κ3) is 4.18. The van der Waals surface area contributed by atoms with Crippen molar-refractivity contribution in [1.82, 2.24) is 25.6 Å². The van der Waals surface area contributed by atoms with Crippen molar-refractivity contribution in [3.63, 3.8) is 0 Å². The fourth-order valence-electron chi connectivity index (χ4n) is 3.10. The van der Waals surface area contributed by atoms with Crippen molar-refractivity contribution < 1.29 is 14.7 Å². The highest BCUT2D eigenvalue weighted by Crippen LogP contribution is 2.33. The van der Waals surface area contributed by atoms with Gasteiger partial charge in [0.15, 0.2) is 0 Å². The van der Waals surface area contributed by atoms with Crippen LogP contribution in [0, 0.1) is 5.92 Å². The van der Waals surface area contributed by atoms with Gasteiger partial charge in [0.05, 0.1) is 31.4 Å². The van der Waals surface area contributed by atoms with Gasteiger partial charge in [0.25, 0.3) is 0 Å². The van der Waals surface area contributed by atoms with Crippen LogP contribution in [0.3, 0.4) is 0 Å². The van der Waals surface area contributed by atoms with Crippen molar-refractivity contribution in [3.8, 4) is 0 Å². The number of thiophene rings is 1. The number of nitrogens with one attached hydrogen (secondary N) is 2. The lowest BCUT2D eigenvalue weighted by Crippen LogP contribution is -2.35. The Hall–Kier alpha value is -2.26. The molecule has 3 rings (SSSR count). The Labute approximate surface area is 142 Å². The molecule has 0 aliphatic carbocycles. The summed E-state index contributed by atoms with van der Waals surface area (Å²) in [6, 6.07) is 3.93. The summed E-state index contributed by atoms with van der Waals surface area (Å²) in [5, 5.41) is 24.4. The van der Waals surface area contributed by atoms with E-state index in [9.17, 15) is 9.59 Å². The van der Waals surface area contributed by atoms with E-state index in [0.29, 0.717) is 19.6 Å². The van der Waals surface area contributed by atoms with Crippen LogP contribution >= 0.6 is 11.3 Å². The number of carbonyl (C=O) groups is 2. The molecule has 0 spiro atoms. The molecule has 2 aromatic rings. The number of hydrogen-bond donors (Lipinski definition) is 3. The van der Waals surface area contributed by atoms with Gasteiger partial charge < -0.3 is 10.4 Å². The molecule has 0 radical (unpaired) electrons. The van der Waals surface area contributed by atoms with Gasteiger partial charge in [-0.3, -0.25) is 14.5 Å². The van der Waals surface area contributed by atoms with E-state index < -0.39 is 5.97 Å². The fraction of sp³-hybridized carbons (Fsp3) is 0.467. The molecule has 9 heteroatoms.